The first kappa shape index (κ1) is 17.5. The van der Waals surface area contributed by atoms with Gasteiger partial charge in [0, 0.05) is 27.3 Å². The molecule has 1 N–H and O–H groups in total. The molecular formula is C13H17BrClNO3S. The van der Waals surface area contributed by atoms with Gasteiger partial charge < -0.3 is 5.32 Å². The molecule has 1 aromatic carbocycles. The molecule has 0 radical (unpaired) electrons. The van der Waals surface area contributed by atoms with Gasteiger partial charge in [-0.2, -0.15) is 0 Å². The molecule has 7 heteroatoms. The van der Waals surface area contributed by atoms with E-state index in [0.29, 0.717) is 22.5 Å². The molecular weight excluding hydrogens is 366 g/mol. The molecule has 0 unspecified atom stereocenters. The van der Waals surface area contributed by atoms with Crippen LogP contribution in [-0.2, 0) is 9.05 Å². The molecule has 1 rings (SSSR count). The van der Waals surface area contributed by atoms with E-state index in [9.17, 15) is 13.2 Å². The minimum absolute atomic E-state index is 0.0532. The average Bonchev–Trinajstić information content (AvgIpc) is 2.30. The van der Waals surface area contributed by atoms with Gasteiger partial charge in [0.15, 0.2) is 0 Å². The van der Waals surface area contributed by atoms with Crippen LogP contribution in [-0.4, -0.2) is 20.9 Å². The van der Waals surface area contributed by atoms with Crippen LogP contribution in [0.5, 0.6) is 0 Å². The normalized spacial score (nSPS) is 11.7. The Labute approximate surface area is 132 Å². The number of carbonyl (C=O) groups is 1. The SMILES string of the molecule is Cc1c(Br)cc(C(=O)NCCC(C)C)cc1S(=O)(=O)Cl. The van der Waals surface area contributed by atoms with Crippen molar-refractivity contribution in [3.8, 4) is 0 Å². The minimum Gasteiger partial charge on any atom is -0.352 e. The summed E-state index contributed by atoms with van der Waals surface area (Å²) in [6, 6.07) is 2.89. The maximum absolute atomic E-state index is 12.0. The van der Waals surface area contributed by atoms with E-state index in [1.165, 1.54) is 6.07 Å². The van der Waals surface area contributed by atoms with Crippen LogP contribution in [0, 0.1) is 12.8 Å². The molecule has 20 heavy (non-hydrogen) atoms. The lowest BCUT2D eigenvalue weighted by Crippen LogP contribution is -2.25. The van der Waals surface area contributed by atoms with Crippen LogP contribution in [0.15, 0.2) is 21.5 Å². The van der Waals surface area contributed by atoms with Crippen molar-refractivity contribution in [2.24, 2.45) is 5.92 Å². The van der Waals surface area contributed by atoms with E-state index >= 15 is 0 Å². The molecule has 0 aromatic heterocycles. The van der Waals surface area contributed by atoms with Gasteiger partial charge in [-0.1, -0.05) is 29.8 Å². The highest BCUT2D eigenvalue weighted by atomic mass is 79.9. The molecule has 0 aliphatic carbocycles. The summed E-state index contributed by atoms with van der Waals surface area (Å²) in [6.07, 6.45) is 0.861. The third-order valence-electron chi connectivity index (χ3n) is 2.83. The number of carbonyl (C=O) groups excluding carboxylic acids is 1. The summed E-state index contributed by atoms with van der Waals surface area (Å²) < 4.78 is 23.5. The number of rotatable bonds is 5. The molecule has 0 saturated carbocycles. The Hall–Kier alpha value is -0.590. The van der Waals surface area contributed by atoms with Crippen molar-refractivity contribution in [3.63, 3.8) is 0 Å². The standard InChI is InChI=1S/C13H17BrClNO3S/c1-8(2)4-5-16-13(17)10-6-11(14)9(3)12(7-10)20(15,18)19/h6-8H,4-5H2,1-3H3,(H,16,17). The van der Waals surface area contributed by atoms with E-state index in [0.717, 1.165) is 6.42 Å². The Morgan fingerprint density at radius 2 is 2.00 bits per heavy atom. The minimum atomic E-state index is -3.88. The zero-order valence-corrected chi connectivity index (χ0v) is 14.7. The van der Waals surface area contributed by atoms with Crippen molar-refractivity contribution in [2.75, 3.05) is 6.54 Å². The molecule has 1 aromatic rings. The van der Waals surface area contributed by atoms with Crippen molar-refractivity contribution in [1.82, 2.24) is 5.32 Å². The number of amides is 1. The zero-order valence-electron chi connectivity index (χ0n) is 11.5. The van der Waals surface area contributed by atoms with Crippen molar-refractivity contribution in [3.05, 3.63) is 27.7 Å². The summed E-state index contributed by atoms with van der Waals surface area (Å²) in [5.41, 5.74) is 0.754. The molecule has 0 spiro atoms. The van der Waals surface area contributed by atoms with Crippen molar-refractivity contribution < 1.29 is 13.2 Å². The van der Waals surface area contributed by atoms with E-state index < -0.39 is 9.05 Å². The van der Waals surface area contributed by atoms with Gasteiger partial charge in [-0.05, 0) is 37.0 Å². The topological polar surface area (TPSA) is 63.2 Å². The second kappa shape index (κ2) is 6.91. The fourth-order valence-corrected chi connectivity index (χ4v) is 3.43. The van der Waals surface area contributed by atoms with Crippen molar-refractivity contribution >= 4 is 41.6 Å². The molecule has 0 saturated heterocycles. The van der Waals surface area contributed by atoms with E-state index in [1.54, 1.807) is 13.0 Å². The lowest BCUT2D eigenvalue weighted by molar-refractivity contribution is 0.0951. The molecule has 0 fully saturated rings. The van der Waals surface area contributed by atoms with E-state index in [4.69, 9.17) is 10.7 Å². The van der Waals surface area contributed by atoms with E-state index in [1.807, 2.05) is 0 Å². The van der Waals surface area contributed by atoms with Crippen molar-refractivity contribution in [1.29, 1.82) is 0 Å². The molecule has 112 valence electrons. The van der Waals surface area contributed by atoms with Crippen LogP contribution < -0.4 is 5.32 Å². The maximum Gasteiger partial charge on any atom is 0.261 e. The molecule has 0 atom stereocenters. The molecule has 0 heterocycles. The quantitative estimate of drug-likeness (QED) is 0.793. The molecule has 0 bridgehead atoms. The average molecular weight is 383 g/mol. The van der Waals surface area contributed by atoms with E-state index in [-0.39, 0.29) is 16.4 Å². The van der Waals surface area contributed by atoms with Crippen LogP contribution in [0.2, 0.25) is 0 Å². The van der Waals surface area contributed by atoms with Gasteiger partial charge in [-0.3, -0.25) is 4.79 Å². The molecule has 4 nitrogen and oxygen atoms in total. The number of halogens is 2. The summed E-state index contributed by atoms with van der Waals surface area (Å²) in [5.74, 6) is 0.173. The monoisotopic (exact) mass is 381 g/mol. The fraction of sp³-hybridized carbons (Fsp3) is 0.462. The Morgan fingerprint density at radius 3 is 2.50 bits per heavy atom. The highest BCUT2D eigenvalue weighted by molar-refractivity contribution is 9.10. The molecule has 1 amide bonds. The lowest BCUT2D eigenvalue weighted by Gasteiger charge is -2.10. The Kier molecular flexibility index (Phi) is 6.04. The van der Waals surface area contributed by atoms with Gasteiger partial charge in [-0.15, -0.1) is 0 Å². The first-order chi connectivity index (χ1) is 9.12. The Bertz CT molecular complexity index is 614. The first-order valence-electron chi connectivity index (χ1n) is 6.16. The van der Waals surface area contributed by atoms with Crippen LogP contribution in [0.25, 0.3) is 0 Å². The predicted molar refractivity (Wildman–Crippen MR) is 83.7 cm³/mol. The second-order valence-electron chi connectivity index (χ2n) is 4.96. The van der Waals surface area contributed by atoms with Crippen LogP contribution in [0.3, 0.4) is 0 Å². The number of benzene rings is 1. The van der Waals surface area contributed by atoms with Gasteiger partial charge in [0.25, 0.3) is 15.0 Å². The maximum atomic E-state index is 12.0. The summed E-state index contributed by atoms with van der Waals surface area (Å²) in [6.45, 7) is 6.30. The van der Waals surface area contributed by atoms with Crippen molar-refractivity contribution in [2.45, 2.75) is 32.1 Å². The Morgan fingerprint density at radius 1 is 1.40 bits per heavy atom. The van der Waals surface area contributed by atoms with E-state index in [2.05, 4.69) is 35.1 Å². The van der Waals surface area contributed by atoms with Gasteiger partial charge in [0.05, 0.1) is 4.90 Å². The highest BCUT2D eigenvalue weighted by Gasteiger charge is 2.19. The summed E-state index contributed by atoms with van der Waals surface area (Å²) >= 11 is 3.25. The summed E-state index contributed by atoms with van der Waals surface area (Å²) in [4.78, 5) is 11.9. The second-order valence-corrected chi connectivity index (χ2v) is 8.35. The third-order valence-corrected chi connectivity index (χ3v) is 5.10. The molecule has 0 aliphatic rings. The fourth-order valence-electron chi connectivity index (χ4n) is 1.61. The number of hydrogen-bond donors (Lipinski definition) is 1. The van der Waals surface area contributed by atoms with Crippen LogP contribution in [0.1, 0.15) is 36.2 Å². The predicted octanol–water partition coefficient (Wildman–Crippen LogP) is 3.46. The number of hydrogen-bond acceptors (Lipinski definition) is 3. The first-order valence-corrected chi connectivity index (χ1v) is 9.26. The third kappa shape index (κ3) is 4.75. The molecule has 0 aliphatic heterocycles. The zero-order chi connectivity index (χ0) is 15.5. The Balaban J connectivity index is 3.03. The van der Waals surface area contributed by atoms with Crippen LogP contribution >= 0.6 is 26.6 Å². The van der Waals surface area contributed by atoms with Crippen LogP contribution in [0.4, 0.5) is 0 Å². The van der Waals surface area contributed by atoms with Gasteiger partial charge in [-0.25, -0.2) is 8.42 Å². The van der Waals surface area contributed by atoms with Gasteiger partial charge >= 0.3 is 0 Å². The summed E-state index contributed by atoms with van der Waals surface area (Å²) in [7, 11) is 1.49. The van der Waals surface area contributed by atoms with Gasteiger partial charge in [0.1, 0.15) is 0 Å². The lowest BCUT2D eigenvalue weighted by atomic mass is 10.1. The largest absolute Gasteiger partial charge is 0.352 e. The summed E-state index contributed by atoms with van der Waals surface area (Å²) in [5, 5.41) is 2.76. The highest BCUT2D eigenvalue weighted by Crippen LogP contribution is 2.28. The number of nitrogens with one attached hydrogen (secondary N) is 1. The smallest absolute Gasteiger partial charge is 0.261 e. The van der Waals surface area contributed by atoms with Gasteiger partial charge in [0.2, 0.25) is 0 Å².